The number of nitrogens with two attached hydrogens (primary N) is 1. The van der Waals surface area contributed by atoms with Gasteiger partial charge in [-0.1, -0.05) is 19.3 Å². The Labute approximate surface area is 167 Å². The van der Waals surface area contributed by atoms with Crippen LogP contribution >= 0.6 is 0 Å². The number of nitrogen functional groups attached to an aromatic ring is 1. The largest absolute Gasteiger partial charge is 0.384 e. The third-order valence-electron chi connectivity index (χ3n) is 6.20. The average molecular weight is 379 g/mol. The number of aromatic nitrogens is 2. The lowest BCUT2D eigenvalue weighted by molar-refractivity contribution is -0.137. The molecule has 2 aromatic rings. The van der Waals surface area contributed by atoms with E-state index in [1.807, 2.05) is 25.3 Å². The number of carbonyl (C=O) groups is 1. The molecule has 1 atom stereocenters. The number of nitrogens with zero attached hydrogens (tertiary/aromatic N) is 3. The van der Waals surface area contributed by atoms with Gasteiger partial charge in [0.05, 0.1) is 0 Å². The fourth-order valence-electron chi connectivity index (χ4n) is 4.67. The molecular weight excluding hydrogens is 348 g/mol. The number of anilines is 1. The summed E-state index contributed by atoms with van der Waals surface area (Å²) in [5, 5.41) is 0. The normalized spacial score (nSPS) is 20.9. The highest BCUT2D eigenvalue weighted by Gasteiger charge is 2.30. The highest BCUT2D eigenvalue weighted by molar-refractivity contribution is 5.79. The second-order valence-corrected chi connectivity index (χ2v) is 8.35. The number of rotatable bonds is 3. The molecule has 1 saturated heterocycles. The molecule has 4 rings (SSSR count). The van der Waals surface area contributed by atoms with Crippen molar-refractivity contribution in [2.45, 2.75) is 57.8 Å². The number of amides is 1. The smallest absolute Gasteiger partial charge is 0.225 e. The topological polar surface area (TPSA) is 72.1 Å². The minimum absolute atomic E-state index is 0.245. The van der Waals surface area contributed by atoms with Gasteiger partial charge >= 0.3 is 0 Å². The summed E-state index contributed by atoms with van der Waals surface area (Å²) in [6.07, 6.45) is 9.77. The summed E-state index contributed by atoms with van der Waals surface area (Å²) < 4.78 is 0. The van der Waals surface area contributed by atoms with Gasteiger partial charge in [0.2, 0.25) is 5.91 Å². The number of carbonyl (C=O) groups excluding carboxylic acids is 1. The molecule has 0 bridgehead atoms. The molecule has 1 saturated carbocycles. The van der Waals surface area contributed by atoms with Crippen LogP contribution in [0, 0.1) is 12.8 Å². The van der Waals surface area contributed by atoms with E-state index in [9.17, 15) is 4.79 Å². The highest BCUT2D eigenvalue weighted by atomic mass is 16.2. The molecule has 3 heterocycles. The second-order valence-electron chi connectivity index (χ2n) is 8.35. The summed E-state index contributed by atoms with van der Waals surface area (Å²) in [6.45, 7) is 3.73. The van der Waals surface area contributed by atoms with Crippen molar-refractivity contribution in [2.75, 3.05) is 18.8 Å². The van der Waals surface area contributed by atoms with Crippen molar-refractivity contribution in [3.63, 3.8) is 0 Å². The Hall–Kier alpha value is -2.43. The van der Waals surface area contributed by atoms with Crippen LogP contribution in [0.3, 0.4) is 0 Å². The van der Waals surface area contributed by atoms with E-state index in [1.54, 1.807) is 0 Å². The van der Waals surface area contributed by atoms with E-state index in [0.29, 0.717) is 17.6 Å². The van der Waals surface area contributed by atoms with Crippen LogP contribution in [0.15, 0.2) is 30.5 Å². The quantitative estimate of drug-likeness (QED) is 0.863. The molecule has 2 N–H and O–H groups in total. The first-order valence-corrected chi connectivity index (χ1v) is 10.6. The molecule has 28 heavy (non-hydrogen) atoms. The monoisotopic (exact) mass is 378 g/mol. The average Bonchev–Trinajstić information content (AvgIpc) is 2.74. The van der Waals surface area contributed by atoms with Crippen molar-refractivity contribution in [2.24, 2.45) is 5.92 Å². The molecule has 1 amide bonds. The van der Waals surface area contributed by atoms with Crippen LogP contribution in [0.2, 0.25) is 0 Å². The Morgan fingerprint density at radius 3 is 2.64 bits per heavy atom. The molecular formula is C23H30N4O. The molecule has 2 aliphatic rings. The van der Waals surface area contributed by atoms with Crippen molar-refractivity contribution >= 4 is 11.7 Å². The molecule has 0 aromatic carbocycles. The van der Waals surface area contributed by atoms with Crippen LogP contribution in [0.25, 0.3) is 11.1 Å². The predicted molar refractivity (Wildman–Crippen MR) is 112 cm³/mol. The van der Waals surface area contributed by atoms with E-state index >= 15 is 0 Å². The van der Waals surface area contributed by atoms with E-state index < -0.39 is 0 Å². The number of hydrogen-bond donors (Lipinski definition) is 1. The van der Waals surface area contributed by atoms with Gasteiger partial charge in [-0.25, -0.2) is 4.98 Å². The molecule has 2 fully saturated rings. The summed E-state index contributed by atoms with van der Waals surface area (Å²) in [7, 11) is 0. The molecule has 5 heteroatoms. The zero-order valence-electron chi connectivity index (χ0n) is 16.7. The fourth-order valence-corrected chi connectivity index (χ4v) is 4.67. The number of pyridine rings is 2. The van der Waals surface area contributed by atoms with Gasteiger partial charge in [-0.3, -0.25) is 9.78 Å². The van der Waals surface area contributed by atoms with Gasteiger partial charge in [0, 0.05) is 48.1 Å². The molecule has 2 aromatic heterocycles. The van der Waals surface area contributed by atoms with Gasteiger partial charge in [-0.15, -0.1) is 0 Å². The lowest BCUT2D eigenvalue weighted by atomic mass is 9.86. The van der Waals surface area contributed by atoms with Gasteiger partial charge < -0.3 is 10.6 Å². The van der Waals surface area contributed by atoms with E-state index in [-0.39, 0.29) is 5.92 Å². The number of hydrogen-bond acceptors (Lipinski definition) is 4. The molecule has 5 nitrogen and oxygen atoms in total. The van der Waals surface area contributed by atoms with Crippen LogP contribution in [0.1, 0.15) is 62.3 Å². The Morgan fingerprint density at radius 1 is 1.07 bits per heavy atom. The van der Waals surface area contributed by atoms with E-state index in [1.165, 1.54) is 19.3 Å². The van der Waals surface area contributed by atoms with Crippen LogP contribution < -0.4 is 5.73 Å². The van der Waals surface area contributed by atoms with E-state index in [2.05, 4.69) is 22.0 Å². The number of likely N-dealkylation sites (tertiary alicyclic amines) is 1. The Balaban J connectivity index is 1.53. The fraction of sp³-hybridized carbons (Fsp3) is 0.522. The minimum Gasteiger partial charge on any atom is -0.384 e. The second kappa shape index (κ2) is 8.29. The first-order valence-electron chi connectivity index (χ1n) is 10.6. The third kappa shape index (κ3) is 4.18. The molecule has 148 valence electrons. The van der Waals surface area contributed by atoms with Gasteiger partial charge in [-0.05, 0) is 62.4 Å². The lowest BCUT2D eigenvalue weighted by Gasteiger charge is -2.36. The van der Waals surface area contributed by atoms with Gasteiger partial charge in [-0.2, -0.15) is 0 Å². The standard InChI is InChI=1S/C23H30N4O/c1-16-12-20(18-9-10-22(24)25-14-18)13-21(26-16)19-8-5-11-27(15-19)23(28)17-6-3-2-4-7-17/h9-10,12-14,17,19H,2-8,11,15H2,1H3,(H2,24,25). The first-order chi connectivity index (χ1) is 13.6. The van der Waals surface area contributed by atoms with Gasteiger partial charge in [0.15, 0.2) is 0 Å². The van der Waals surface area contributed by atoms with Crippen molar-refractivity contribution in [3.8, 4) is 11.1 Å². The van der Waals surface area contributed by atoms with Gasteiger partial charge in [0.25, 0.3) is 0 Å². The molecule has 0 spiro atoms. The summed E-state index contributed by atoms with van der Waals surface area (Å²) in [5.41, 5.74) is 9.98. The zero-order chi connectivity index (χ0) is 19.5. The molecule has 0 radical (unpaired) electrons. The first kappa shape index (κ1) is 18.9. The van der Waals surface area contributed by atoms with Crippen molar-refractivity contribution < 1.29 is 4.79 Å². The van der Waals surface area contributed by atoms with Crippen LogP contribution in [0.5, 0.6) is 0 Å². The summed E-state index contributed by atoms with van der Waals surface area (Å²) in [6, 6.07) is 8.08. The van der Waals surface area contributed by atoms with Crippen LogP contribution in [-0.2, 0) is 4.79 Å². The Bertz CT molecular complexity index is 827. The molecule has 1 aliphatic heterocycles. The van der Waals surface area contributed by atoms with Crippen LogP contribution in [0.4, 0.5) is 5.82 Å². The summed E-state index contributed by atoms with van der Waals surface area (Å²) in [4.78, 5) is 24.2. The SMILES string of the molecule is Cc1cc(-c2ccc(N)nc2)cc(C2CCCN(C(=O)C3CCCCC3)C2)n1. The van der Waals surface area contributed by atoms with Gasteiger partial charge in [0.1, 0.15) is 5.82 Å². The molecule has 1 aliphatic carbocycles. The van der Waals surface area contributed by atoms with E-state index in [0.717, 1.165) is 61.3 Å². The lowest BCUT2D eigenvalue weighted by Crippen LogP contribution is -2.43. The van der Waals surface area contributed by atoms with Crippen LogP contribution in [-0.4, -0.2) is 33.9 Å². The highest BCUT2D eigenvalue weighted by Crippen LogP contribution is 2.32. The van der Waals surface area contributed by atoms with Crippen molar-refractivity contribution in [3.05, 3.63) is 41.9 Å². The summed E-state index contributed by atoms with van der Waals surface area (Å²) >= 11 is 0. The maximum Gasteiger partial charge on any atom is 0.225 e. The number of piperidine rings is 1. The van der Waals surface area contributed by atoms with Crippen molar-refractivity contribution in [1.82, 2.24) is 14.9 Å². The number of aryl methyl sites for hydroxylation is 1. The maximum absolute atomic E-state index is 13.0. The van der Waals surface area contributed by atoms with Crippen molar-refractivity contribution in [1.29, 1.82) is 0 Å². The summed E-state index contributed by atoms with van der Waals surface area (Å²) in [5.74, 6) is 1.45. The van der Waals surface area contributed by atoms with E-state index in [4.69, 9.17) is 10.7 Å². The third-order valence-corrected chi connectivity index (χ3v) is 6.20. The minimum atomic E-state index is 0.245. The predicted octanol–water partition coefficient (Wildman–Crippen LogP) is 4.32. The molecule has 1 unspecified atom stereocenters. The Morgan fingerprint density at radius 2 is 1.89 bits per heavy atom. The zero-order valence-corrected chi connectivity index (χ0v) is 16.7. The Kier molecular flexibility index (Phi) is 5.60. The maximum atomic E-state index is 13.0.